The number of rotatable bonds is 5. The number of benzene rings is 1. The summed E-state index contributed by atoms with van der Waals surface area (Å²) >= 11 is 3.21. The molecule has 20 heavy (non-hydrogen) atoms. The molecule has 1 atom stereocenters. The van der Waals surface area contributed by atoms with Crippen LogP contribution >= 0.6 is 15.9 Å². The lowest BCUT2D eigenvalue weighted by atomic mass is 9.80. The Balaban J connectivity index is 1.96. The second-order valence-electron chi connectivity index (χ2n) is 5.55. The molecule has 0 amide bonds. The fourth-order valence-electron chi connectivity index (χ4n) is 2.46. The van der Waals surface area contributed by atoms with Gasteiger partial charge in [0, 0.05) is 31.2 Å². The lowest BCUT2D eigenvalue weighted by Crippen LogP contribution is -2.42. The number of aliphatic hydroxyl groups excluding tert-OH is 1. The standard InChI is InChI=1S/C15H21BrFNO2/c1-11(12-2-3-14(17)13(16)8-12)18-9-15(10-19)4-6-20-7-5-15/h2-3,8,11,18-19H,4-7,9-10H2,1H3. The largest absolute Gasteiger partial charge is 0.396 e. The number of hydrogen-bond acceptors (Lipinski definition) is 3. The summed E-state index contributed by atoms with van der Waals surface area (Å²) in [7, 11) is 0. The fourth-order valence-corrected chi connectivity index (χ4v) is 2.86. The van der Waals surface area contributed by atoms with Gasteiger partial charge in [0.2, 0.25) is 0 Å². The Morgan fingerprint density at radius 2 is 2.15 bits per heavy atom. The summed E-state index contributed by atoms with van der Waals surface area (Å²) < 4.78 is 19.1. The molecule has 2 N–H and O–H groups in total. The van der Waals surface area contributed by atoms with Crippen LogP contribution in [-0.4, -0.2) is 31.5 Å². The normalized spacial score (nSPS) is 19.8. The molecular formula is C15H21BrFNO2. The van der Waals surface area contributed by atoms with Gasteiger partial charge in [-0.05, 0) is 53.4 Å². The van der Waals surface area contributed by atoms with Crippen molar-refractivity contribution in [1.82, 2.24) is 5.32 Å². The number of halogens is 2. The van der Waals surface area contributed by atoms with E-state index < -0.39 is 0 Å². The Morgan fingerprint density at radius 1 is 1.45 bits per heavy atom. The first-order chi connectivity index (χ1) is 9.56. The van der Waals surface area contributed by atoms with Crippen LogP contribution in [0.3, 0.4) is 0 Å². The maximum Gasteiger partial charge on any atom is 0.137 e. The van der Waals surface area contributed by atoms with Gasteiger partial charge in [0.1, 0.15) is 5.82 Å². The Bertz CT molecular complexity index is 449. The molecule has 1 unspecified atom stereocenters. The summed E-state index contributed by atoms with van der Waals surface area (Å²) in [6.45, 7) is 4.37. The zero-order valence-corrected chi connectivity index (χ0v) is 13.2. The molecule has 0 aromatic heterocycles. The third-order valence-electron chi connectivity index (χ3n) is 4.12. The van der Waals surface area contributed by atoms with Crippen LogP contribution < -0.4 is 5.32 Å². The zero-order valence-electron chi connectivity index (χ0n) is 11.7. The number of nitrogens with one attached hydrogen (secondary N) is 1. The van der Waals surface area contributed by atoms with Gasteiger partial charge >= 0.3 is 0 Å². The third-order valence-corrected chi connectivity index (χ3v) is 4.72. The minimum absolute atomic E-state index is 0.0935. The second-order valence-corrected chi connectivity index (χ2v) is 6.40. The van der Waals surface area contributed by atoms with Gasteiger partial charge in [0.05, 0.1) is 11.1 Å². The maximum atomic E-state index is 13.2. The predicted molar refractivity (Wildman–Crippen MR) is 80.1 cm³/mol. The molecule has 1 fully saturated rings. The van der Waals surface area contributed by atoms with Gasteiger partial charge < -0.3 is 15.2 Å². The van der Waals surface area contributed by atoms with Crippen molar-refractivity contribution in [3.63, 3.8) is 0 Å². The molecule has 0 spiro atoms. The lowest BCUT2D eigenvalue weighted by Gasteiger charge is -2.36. The molecule has 2 rings (SSSR count). The summed E-state index contributed by atoms with van der Waals surface area (Å²) in [6, 6.07) is 5.15. The Morgan fingerprint density at radius 3 is 2.75 bits per heavy atom. The molecule has 112 valence electrons. The van der Waals surface area contributed by atoms with Crippen molar-refractivity contribution in [3.05, 3.63) is 34.1 Å². The van der Waals surface area contributed by atoms with Crippen molar-refractivity contribution in [2.75, 3.05) is 26.4 Å². The highest BCUT2D eigenvalue weighted by Gasteiger charge is 2.32. The van der Waals surface area contributed by atoms with Crippen LogP contribution in [0.1, 0.15) is 31.4 Å². The van der Waals surface area contributed by atoms with E-state index in [1.54, 1.807) is 12.1 Å². The first-order valence-electron chi connectivity index (χ1n) is 6.93. The van der Waals surface area contributed by atoms with E-state index in [1.165, 1.54) is 6.07 Å². The minimum Gasteiger partial charge on any atom is -0.396 e. The molecule has 1 aromatic rings. The van der Waals surface area contributed by atoms with Crippen molar-refractivity contribution < 1.29 is 14.2 Å². The van der Waals surface area contributed by atoms with Crippen molar-refractivity contribution >= 4 is 15.9 Å². The summed E-state index contributed by atoms with van der Waals surface area (Å²) in [4.78, 5) is 0. The molecule has 1 heterocycles. The topological polar surface area (TPSA) is 41.5 Å². The van der Waals surface area contributed by atoms with E-state index in [4.69, 9.17) is 4.74 Å². The van der Waals surface area contributed by atoms with Crippen LogP contribution in [0.15, 0.2) is 22.7 Å². The lowest BCUT2D eigenvalue weighted by molar-refractivity contribution is -0.0163. The Kier molecular flexibility index (Phi) is 5.55. The van der Waals surface area contributed by atoms with Gasteiger partial charge in [-0.2, -0.15) is 0 Å². The van der Waals surface area contributed by atoms with Crippen LogP contribution in [0.5, 0.6) is 0 Å². The molecule has 0 aliphatic carbocycles. The van der Waals surface area contributed by atoms with Crippen molar-refractivity contribution in [1.29, 1.82) is 0 Å². The molecule has 1 aliphatic heterocycles. The van der Waals surface area contributed by atoms with E-state index in [1.807, 2.05) is 6.92 Å². The van der Waals surface area contributed by atoms with Gasteiger partial charge in [-0.1, -0.05) is 6.07 Å². The van der Waals surface area contributed by atoms with Crippen molar-refractivity contribution in [3.8, 4) is 0 Å². The summed E-state index contributed by atoms with van der Waals surface area (Å²) in [5.41, 5.74) is 0.933. The van der Waals surface area contributed by atoms with Gasteiger partial charge in [0.15, 0.2) is 0 Å². The molecule has 0 radical (unpaired) electrons. The number of hydrogen-bond donors (Lipinski definition) is 2. The van der Waals surface area contributed by atoms with Gasteiger partial charge in [-0.15, -0.1) is 0 Å². The summed E-state index contributed by atoms with van der Waals surface area (Å²) in [6.07, 6.45) is 1.74. The van der Waals surface area contributed by atoms with E-state index in [9.17, 15) is 9.50 Å². The predicted octanol–water partition coefficient (Wildman–Crippen LogP) is 3.03. The van der Waals surface area contributed by atoms with E-state index in [-0.39, 0.29) is 23.9 Å². The Hall–Kier alpha value is -0.490. The molecular weight excluding hydrogens is 325 g/mol. The maximum absolute atomic E-state index is 13.2. The number of ether oxygens (including phenoxy) is 1. The van der Waals surface area contributed by atoms with Crippen molar-refractivity contribution in [2.24, 2.45) is 5.41 Å². The van der Waals surface area contributed by atoms with Gasteiger partial charge in [-0.3, -0.25) is 0 Å². The average molecular weight is 346 g/mol. The zero-order chi connectivity index (χ0) is 14.6. The van der Waals surface area contributed by atoms with E-state index in [0.29, 0.717) is 17.7 Å². The van der Waals surface area contributed by atoms with Crippen LogP contribution in [0.25, 0.3) is 0 Å². The van der Waals surface area contributed by atoms with Gasteiger partial charge in [0.25, 0.3) is 0 Å². The smallest absolute Gasteiger partial charge is 0.137 e. The van der Waals surface area contributed by atoms with Crippen LogP contribution in [0.2, 0.25) is 0 Å². The van der Waals surface area contributed by atoms with Crippen LogP contribution in [-0.2, 0) is 4.74 Å². The van der Waals surface area contributed by atoms with Gasteiger partial charge in [-0.25, -0.2) is 4.39 Å². The fraction of sp³-hybridized carbons (Fsp3) is 0.600. The van der Waals surface area contributed by atoms with E-state index in [0.717, 1.165) is 24.9 Å². The molecule has 1 saturated heterocycles. The first-order valence-corrected chi connectivity index (χ1v) is 7.73. The molecule has 1 aliphatic rings. The molecule has 0 saturated carbocycles. The highest BCUT2D eigenvalue weighted by Crippen LogP contribution is 2.30. The van der Waals surface area contributed by atoms with E-state index in [2.05, 4.69) is 21.2 Å². The van der Waals surface area contributed by atoms with Crippen LogP contribution in [0, 0.1) is 11.2 Å². The highest BCUT2D eigenvalue weighted by atomic mass is 79.9. The monoisotopic (exact) mass is 345 g/mol. The average Bonchev–Trinajstić information content (AvgIpc) is 2.48. The minimum atomic E-state index is -0.253. The third kappa shape index (κ3) is 3.79. The highest BCUT2D eigenvalue weighted by molar-refractivity contribution is 9.10. The summed E-state index contributed by atoms with van der Waals surface area (Å²) in [5.74, 6) is -0.253. The molecule has 3 nitrogen and oxygen atoms in total. The number of aliphatic hydroxyl groups is 1. The summed E-state index contributed by atoms with van der Waals surface area (Å²) in [5, 5.41) is 13.1. The SMILES string of the molecule is CC(NCC1(CO)CCOCC1)c1ccc(F)c(Br)c1. The quantitative estimate of drug-likeness (QED) is 0.861. The molecule has 0 bridgehead atoms. The second kappa shape index (κ2) is 6.98. The van der Waals surface area contributed by atoms with Crippen LogP contribution in [0.4, 0.5) is 4.39 Å². The molecule has 5 heteroatoms. The first kappa shape index (κ1) is 15.9. The van der Waals surface area contributed by atoms with Crippen molar-refractivity contribution in [2.45, 2.75) is 25.8 Å². The Labute approximate surface area is 127 Å². The van der Waals surface area contributed by atoms with E-state index >= 15 is 0 Å². The molecule has 1 aromatic carbocycles.